The quantitative estimate of drug-likeness (QED) is 0.409. The van der Waals surface area contributed by atoms with Gasteiger partial charge < -0.3 is 5.32 Å². The van der Waals surface area contributed by atoms with E-state index in [0.29, 0.717) is 12.0 Å². The molecule has 1 amide bonds. The normalized spacial score (nSPS) is 17.5. The van der Waals surface area contributed by atoms with E-state index in [4.69, 9.17) is 11.6 Å². The predicted octanol–water partition coefficient (Wildman–Crippen LogP) is 5.61. The molecule has 35 heavy (non-hydrogen) atoms. The number of carbonyl (C=O) groups excluding carboxylic acids is 1. The summed E-state index contributed by atoms with van der Waals surface area (Å²) >= 11 is 5.86. The SMILES string of the molecule is Cc1cn[nH]c1Cc1ccc(CC2=CN=NC2(C(=O)NCc2cccc(F)c2Cl)C(F)(F)F)cc1. The van der Waals surface area contributed by atoms with E-state index in [1.807, 2.05) is 6.92 Å². The largest absolute Gasteiger partial charge is 0.428 e. The maximum absolute atomic E-state index is 14.3. The molecule has 0 aliphatic carbocycles. The Hall–Kier alpha value is -3.53. The van der Waals surface area contributed by atoms with Crippen molar-refractivity contribution in [1.82, 2.24) is 15.5 Å². The molecular formula is C24H20ClF4N5O. The van der Waals surface area contributed by atoms with Crippen LogP contribution in [0, 0.1) is 12.7 Å². The van der Waals surface area contributed by atoms with Gasteiger partial charge in [0.05, 0.1) is 17.4 Å². The fraction of sp³-hybridized carbons (Fsp3) is 0.250. The second-order valence-corrected chi connectivity index (χ2v) is 8.55. The molecule has 0 spiro atoms. The maximum atomic E-state index is 14.3. The lowest BCUT2D eigenvalue weighted by Crippen LogP contribution is -2.56. The van der Waals surface area contributed by atoms with Gasteiger partial charge in [0.2, 0.25) is 0 Å². The van der Waals surface area contributed by atoms with E-state index < -0.39 is 30.0 Å². The summed E-state index contributed by atoms with van der Waals surface area (Å²) in [6.45, 7) is 1.52. The van der Waals surface area contributed by atoms with Gasteiger partial charge in [-0.15, -0.1) is 0 Å². The lowest BCUT2D eigenvalue weighted by atomic mass is 9.85. The molecule has 6 nitrogen and oxygen atoms in total. The van der Waals surface area contributed by atoms with Crippen molar-refractivity contribution in [3.63, 3.8) is 0 Å². The minimum absolute atomic E-state index is 0.140. The zero-order valence-electron chi connectivity index (χ0n) is 18.5. The number of nitrogens with one attached hydrogen (secondary N) is 2. The monoisotopic (exact) mass is 505 g/mol. The summed E-state index contributed by atoms with van der Waals surface area (Å²) < 4.78 is 56.4. The van der Waals surface area contributed by atoms with Crippen LogP contribution in [0.2, 0.25) is 5.02 Å². The topological polar surface area (TPSA) is 82.5 Å². The number of halogens is 5. The molecule has 1 atom stereocenters. The van der Waals surface area contributed by atoms with E-state index in [-0.39, 0.29) is 22.6 Å². The Morgan fingerprint density at radius 3 is 2.43 bits per heavy atom. The van der Waals surface area contributed by atoms with Crippen molar-refractivity contribution in [3.8, 4) is 0 Å². The zero-order valence-corrected chi connectivity index (χ0v) is 19.2. The van der Waals surface area contributed by atoms with Gasteiger partial charge in [0.25, 0.3) is 11.4 Å². The number of benzene rings is 2. The number of amides is 1. The van der Waals surface area contributed by atoms with E-state index in [1.165, 1.54) is 12.1 Å². The summed E-state index contributed by atoms with van der Waals surface area (Å²) in [5, 5.41) is 15.6. The first-order valence-corrected chi connectivity index (χ1v) is 11.0. The number of hydrogen-bond donors (Lipinski definition) is 2. The first kappa shape index (κ1) is 24.6. The van der Waals surface area contributed by atoms with Crippen molar-refractivity contribution in [1.29, 1.82) is 0 Å². The molecule has 2 heterocycles. The molecule has 11 heteroatoms. The van der Waals surface area contributed by atoms with Gasteiger partial charge >= 0.3 is 6.18 Å². The number of H-pyrrole nitrogens is 1. The smallest absolute Gasteiger partial charge is 0.349 e. The van der Waals surface area contributed by atoms with Crippen molar-refractivity contribution in [2.45, 2.75) is 38.0 Å². The van der Waals surface area contributed by atoms with E-state index >= 15 is 0 Å². The Morgan fingerprint density at radius 2 is 1.80 bits per heavy atom. The average molecular weight is 506 g/mol. The molecule has 0 radical (unpaired) electrons. The highest BCUT2D eigenvalue weighted by molar-refractivity contribution is 6.31. The fourth-order valence-electron chi connectivity index (χ4n) is 3.81. The second kappa shape index (κ2) is 9.61. The number of nitrogens with zero attached hydrogens (tertiary/aromatic N) is 3. The molecule has 0 bridgehead atoms. The van der Waals surface area contributed by atoms with Crippen molar-refractivity contribution < 1.29 is 22.4 Å². The number of carbonyl (C=O) groups is 1. The number of hydrogen-bond acceptors (Lipinski definition) is 4. The van der Waals surface area contributed by atoms with Crippen molar-refractivity contribution in [3.05, 3.63) is 99.2 Å². The molecule has 0 fully saturated rings. The summed E-state index contributed by atoms with van der Waals surface area (Å²) in [5.41, 5.74) is 0.101. The highest BCUT2D eigenvalue weighted by atomic mass is 35.5. The Kier molecular flexibility index (Phi) is 6.75. The molecule has 2 aromatic carbocycles. The minimum Gasteiger partial charge on any atom is -0.349 e. The van der Waals surface area contributed by atoms with Crippen LogP contribution in [0.1, 0.15) is 27.9 Å². The molecule has 1 aliphatic heterocycles. The van der Waals surface area contributed by atoms with Crippen LogP contribution in [0.5, 0.6) is 0 Å². The molecule has 4 rings (SSSR count). The maximum Gasteiger partial charge on any atom is 0.428 e. The molecule has 1 unspecified atom stereocenters. The lowest BCUT2D eigenvalue weighted by molar-refractivity contribution is -0.182. The highest BCUT2D eigenvalue weighted by Crippen LogP contribution is 2.44. The number of aromatic amines is 1. The summed E-state index contributed by atoms with van der Waals surface area (Å²) in [4.78, 5) is 12.9. The molecule has 1 aliphatic rings. The van der Waals surface area contributed by atoms with Gasteiger partial charge in [-0.1, -0.05) is 48.0 Å². The third kappa shape index (κ3) is 4.84. The molecule has 182 valence electrons. The highest BCUT2D eigenvalue weighted by Gasteiger charge is 2.65. The first-order chi connectivity index (χ1) is 16.6. The zero-order chi connectivity index (χ0) is 25.2. The van der Waals surface area contributed by atoms with Gasteiger partial charge in [-0.25, -0.2) is 4.39 Å². The van der Waals surface area contributed by atoms with E-state index in [1.54, 1.807) is 30.5 Å². The number of azo groups is 1. The predicted molar refractivity (Wildman–Crippen MR) is 121 cm³/mol. The lowest BCUT2D eigenvalue weighted by Gasteiger charge is -2.29. The third-order valence-corrected chi connectivity index (χ3v) is 6.25. The van der Waals surface area contributed by atoms with E-state index in [9.17, 15) is 22.4 Å². The average Bonchev–Trinajstić information content (AvgIpc) is 3.42. The van der Waals surface area contributed by atoms with Crippen molar-refractivity contribution in [2.75, 3.05) is 0 Å². The summed E-state index contributed by atoms with van der Waals surface area (Å²) in [7, 11) is 0. The Balaban J connectivity index is 1.52. The van der Waals surface area contributed by atoms with E-state index in [2.05, 4.69) is 25.7 Å². The fourth-order valence-corrected chi connectivity index (χ4v) is 4.01. The van der Waals surface area contributed by atoms with Gasteiger partial charge in [-0.3, -0.25) is 9.89 Å². The van der Waals surface area contributed by atoms with Crippen molar-refractivity contribution in [2.24, 2.45) is 10.2 Å². The number of aromatic nitrogens is 2. The second-order valence-electron chi connectivity index (χ2n) is 8.18. The number of rotatable bonds is 7. The summed E-state index contributed by atoms with van der Waals surface area (Å²) in [6, 6.07) is 10.9. The molecule has 1 aromatic heterocycles. The van der Waals surface area contributed by atoms with Gasteiger partial charge in [0, 0.05) is 24.2 Å². The van der Waals surface area contributed by atoms with Crippen LogP contribution in [0.25, 0.3) is 0 Å². The summed E-state index contributed by atoms with van der Waals surface area (Å²) in [5.74, 6) is -2.15. The Morgan fingerprint density at radius 1 is 1.11 bits per heavy atom. The van der Waals surface area contributed by atoms with Crippen LogP contribution in [-0.2, 0) is 24.2 Å². The third-order valence-electron chi connectivity index (χ3n) is 5.83. The Labute approximate surface area is 203 Å². The summed E-state index contributed by atoms with van der Waals surface area (Å²) in [6.07, 6.45) is -1.97. The van der Waals surface area contributed by atoms with Gasteiger partial charge in [0.1, 0.15) is 5.82 Å². The van der Waals surface area contributed by atoms with Crippen LogP contribution >= 0.6 is 11.6 Å². The first-order valence-electron chi connectivity index (χ1n) is 10.6. The van der Waals surface area contributed by atoms with Crippen LogP contribution < -0.4 is 5.32 Å². The van der Waals surface area contributed by atoms with Crippen LogP contribution in [0.3, 0.4) is 0 Å². The molecule has 2 N–H and O–H groups in total. The van der Waals surface area contributed by atoms with E-state index in [0.717, 1.165) is 29.1 Å². The molecule has 3 aromatic rings. The van der Waals surface area contributed by atoms with Crippen LogP contribution in [-0.4, -0.2) is 27.8 Å². The molecule has 0 saturated heterocycles. The van der Waals surface area contributed by atoms with Gasteiger partial charge in [-0.2, -0.15) is 28.5 Å². The van der Waals surface area contributed by atoms with Crippen LogP contribution in [0.15, 0.2) is 70.7 Å². The standard InChI is InChI=1S/C24H20ClF4N5O/c1-14-11-31-33-20(14)10-16-7-5-15(6-8-16)9-18-13-32-34-23(18,24(27,28)29)22(35)30-12-17-3-2-4-19(26)21(17)25/h2-8,11,13H,9-10,12H2,1H3,(H,30,35)(H,31,33). The van der Waals surface area contributed by atoms with Crippen LogP contribution in [0.4, 0.5) is 17.6 Å². The molecule has 0 saturated carbocycles. The minimum atomic E-state index is -5.05. The van der Waals surface area contributed by atoms with Gasteiger partial charge in [-0.05, 0) is 41.7 Å². The van der Waals surface area contributed by atoms with Gasteiger partial charge in [0.15, 0.2) is 0 Å². The molecular weight excluding hydrogens is 486 g/mol. The number of alkyl halides is 3. The number of aryl methyl sites for hydroxylation is 1. The van der Waals surface area contributed by atoms with Crippen molar-refractivity contribution >= 4 is 17.5 Å². The Bertz CT molecular complexity index is 1300.